The molecule has 2 saturated carbocycles. The molecule has 308 valence electrons. The Morgan fingerprint density at radius 2 is 1.37 bits per heavy atom. The number of hydrogen-bond acceptors (Lipinski definition) is 10. The Hall–Kier alpha value is -3.78. The molecule has 11 heteroatoms. The van der Waals surface area contributed by atoms with Crippen LogP contribution in [0.25, 0.3) is 0 Å². The van der Waals surface area contributed by atoms with E-state index in [-0.39, 0.29) is 43.2 Å². The number of ketones is 1. The van der Waals surface area contributed by atoms with Gasteiger partial charge in [0.15, 0.2) is 0 Å². The van der Waals surface area contributed by atoms with Crippen LogP contribution in [-0.2, 0) is 28.5 Å². The Labute approximate surface area is 352 Å². The zero-order valence-corrected chi connectivity index (χ0v) is 37.8. The summed E-state index contributed by atoms with van der Waals surface area (Å²) in [6, 6.07) is 40.2. The first-order chi connectivity index (χ1) is 28.2. The maximum atomic E-state index is 15.5. The third-order valence-corrected chi connectivity index (χ3v) is 34.0. The minimum absolute atomic E-state index is 0.0674. The molecule has 8 rings (SSSR count). The van der Waals surface area contributed by atoms with Gasteiger partial charge in [-0.2, -0.15) is 0 Å². The molecular weight excluding hydrogens is 871 g/mol. The number of aliphatic hydroxyl groups is 2. The van der Waals surface area contributed by atoms with Crippen LogP contribution in [0.1, 0.15) is 64.2 Å². The zero-order valence-electron chi connectivity index (χ0n) is 34.1. The molecular formula is C48H52O9SSn. The number of Topliss-reactive ketones (excluding diaryl/α,β-unsaturated/α-hetero) is 1. The number of fused-ring (bicyclic) bond motifs is 5. The normalized spacial score (nSPS) is 31.1. The van der Waals surface area contributed by atoms with Gasteiger partial charge in [-0.05, 0) is 0 Å². The number of aliphatic hydroxyl groups excluding tert-OH is 1. The zero-order chi connectivity index (χ0) is 41.8. The van der Waals surface area contributed by atoms with Crippen LogP contribution in [0.2, 0.25) is 0 Å². The van der Waals surface area contributed by atoms with Gasteiger partial charge in [-0.15, -0.1) is 0 Å². The molecule has 0 amide bonds. The second-order valence-corrected chi connectivity index (χ2v) is 33.2. The van der Waals surface area contributed by atoms with Crippen molar-refractivity contribution in [2.45, 2.75) is 89.5 Å². The Balaban J connectivity index is 1.27. The summed E-state index contributed by atoms with van der Waals surface area (Å²) in [5.74, 6) is -2.41. The van der Waals surface area contributed by atoms with E-state index in [1.807, 2.05) is 39.0 Å². The van der Waals surface area contributed by atoms with Gasteiger partial charge in [0.2, 0.25) is 0 Å². The first-order valence-corrected chi connectivity index (χ1v) is 29.1. The van der Waals surface area contributed by atoms with Crippen molar-refractivity contribution in [2.24, 2.45) is 16.7 Å². The predicted octanol–water partition coefficient (Wildman–Crippen LogP) is 5.49. The molecule has 4 aromatic rings. The second-order valence-electron chi connectivity index (χ2n) is 17.3. The monoisotopic (exact) mass is 924 g/mol. The van der Waals surface area contributed by atoms with Crippen molar-refractivity contribution >= 4 is 54.4 Å². The molecule has 9 nitrogen and oxygen atoms in total. The van der Waals surface area contributed by atoms with Crippen molar-refractivity contribution in [3.8, 4) is 0 Å². The topological polar surface area (TPSA) is 129 Å². The molecule has 0 spiro atoms. The van der Waals surface area contributed by atoms with E-state index in [0.717, 1.165) is 0 Å². The summed E-state index contributed by atoms with van der Waals surface area (Å²) in [4.78, 5) is 42.9. The number of esters is 2. The SMILES string of the molecule is CC(=O)O[C@@]12CO[C@@H]1C[C@H](OC[S][Sn]([c]1ccccc1)([c]1ccccc1)[c]1ccccc1)[C@@]1(C)C(=O)CC3=C(C)[C@@H](O)C[C@@](O)([C@@H](OC(=O)c4ccccc4)C12)C3(C)C. The van der Waals surface area contributed by atoms with Crippen molar-refractivity contribution < 1.29 is 43.5 Å². The van der Waals surface area contributed by atoms with Crippen molar-refractivity contribution in [2.75, 3.05) is 12.5 Å². The quantitative estimate of drug-likeness (QED) is 0.0913. The minimum atomic E-state index is -3.93. The van der Waals surface area contributed by atoms with Gasteiger partial charge in [-0.3, -0.25) is 0 Å². The first-order valence-electron chi connectivity index (χ1n) is 20.3. The van der Waals surface area contributed by atoms with E-state index in [2.05, 4.69) is 72.8 Å². The average Bonchev–Trinajstić information content (AvgIpc) is 3.23. The molecule has 1 aliphatic heterocycles. The van der Waals surface area contributed by atoms with Crippen LogP contribution in [-0.4, -0.2) is 93.1 Å². The number of carbonyl (C=O) groups is 3. The summed E-state index contributed by atoms with van der Waals surface area (Å²) in [7, 11) is 1.80. The van der Waals surface area contributed by atoms with Crippen LogP contribution >= 0.6 is 8.95 Å². The molecule has 0 aromatic heterocycles. The van der Waals surface area contributed by atoms with Crippen LogP contribution in [0.5, 0.6) is 0 Å². The third kappa shape index (κ3) is 6.73. The van der Waals surface area contributed by atoms with Crippen molar-refractivity contribution in [1.29, 1.82) is 0 Å². The molecule has 59 heavy (non-hydrogen) atoms. The van der Waals surface area contributed by atoms with E-state index in [0.29, 0.717) is 11.1 Å². The Morgan fingerprint density at radius 3 is 1.86 bits per heavy atom. The molecule has 1 unspecified atom stereocenters. The standard InChI is InChI=1S/C30H38O9S.3C6H5.Sn/c1-16-19-11-21(33)28(5)22(37-15-40)12-23-29(14-36-23,39-17(2)31)24(28)25(30(35,13-20(16)32)27(19,3)4)38-26(34)18-9-7-6-8-10-18;3*1-2-4-6-5-3-1;/h6-10,20,22-25,32,35,40H,11-15H2,1-5H3;3*1-5H;/q;;;;+1/p-1/t20-,22-,23+,24?,25-,28+,29-,30+;;;;/m0..../s1. The summed E-state index contributed by atoms with van der Waals surface area (Å²) in [6.45, 7) is 8.54. The van der Waals surface area contributed by atoms with Gasteiger partial charge in [-0.25, -0.2) is 0 Å². The van der Waals surface area contributed by atoms with Crippen LogP contribution in [0.3, 0.4) is 0 Å². The number of rotatable bonds is 10. The van der Waals surface area contributed by atoms with Crippen LogP contribution in [0.4, 0.5) is 0 Å². The van der Waals surface area contributed by atoms with Crippen LogP contribution in [0.15, 0.2) is 132 Å². The van der Waals surface area contributed by atoms with E-state index in [1.165, 1.54) is 17.7 Å². The van der Waals surface area contributed by atoms with Gasteiger partial charge in [0.05, 0.1) is 0 Å². The molecule has 0 radical (unpaired) electrons. The van der Waals surface area contributed by atoms with E-state index >= 15 is 4.79 Å². The molecule has 3 fully saturated rings. The van der Waals surface area contributed by atoms with Gasteiger partial charge in [0, 0.05) is 0 Å². The summed E-state index contributed by atoms with van der Waals surface area (Å²) in [5.41, 5.74) is -4.52. The fraction of sp³-hybridized carbons (Fsp3) is 0.396. The Morgan fingerprint density at radius 1 is 0.847 bits per heavy atom. The molecule has 1 heterocycles. The summed E-state index contributed by atoms with van der Waals surface area (Å²) in [5, 5.41) is 24.9. The summed E-state index contributed by atoms with van der Waals surface area (Å²) < 4.78 is 30.0. The van der Waals surface area contributed by atoms with Crippen molar-refractivity contribution in [3.63, 3.8) is 0 Å². The summed E-state index contributed by atoms with van der Waals surface area (Å²) in [6.07, 6.45) is -4.13. The van der Waals surface area contributed by atoms with E-state index < -0.39 is 81.3 Å². The fourth-order valence-corrected chi connectivity index (χ4v) is 29.2. The molecule has 2 bridgehead atoms. The molecule has 1 saturated heterocycles. The van der Waals surface area contributed by atoms with Gasteiger partial charge in [0.1, 0.15) is 0 Å². The second kappa shape index (κ2) is 15.9. The third-order valence-electron chi connectivity index (χ3n) is 14.0. The van der Waals surface area contributed by atoms with Crippen molar-refractivity contribution in [1.82, 2.24) is 0 Å². The maximum absolute atomic E-state index is 15.5. The van der Waals surface area contributed by atoms with Crippen molar-refractivity contribution in [3.05, 3.63) is 138 Å². The number of hydrogen-bond donors (Lipinski definition) is 2. The van der Waals surface area contributed by atoms with Gasteiger partial charge < -0.3 is 0 Å². The summed E-state index contributed by atoms with van der Waals surface area (Å²) >= 11 is -3.93. The number of ether oxygens (including phenoxy) is 4. The molecule has 4 aromatic carbocycles. The molecule has 8 atom stereocenters. The molecule has 4 aliphatic rings. The van der Waals surface area contributed by atoms with Crippen LogP contribution in [0, 0.1) is 16.7 Å². The van der Waals surface area contributed by atoms with E-state index in [9.17, 15) is 19.8 Å². The van der Waals surface area contributed by atoms with Gasteiger partial charge >= 0.3 is 349 Å². The Kier molecular flexibility index (Phi) is 11.3. The first kappa shape index (κ1) is 41.9. The number of carbonyl (C=O) groups excluding carboxylic acids is 3. The van der Waals surface area contributed by atoms with Gasteiger partial charge in [0.25, 0.3) is 0 Å². The Bertz CT molecular complexity index is 2140. The van der Waals surface area contributed by atoms with E-state index in [4.69, 9.17) is 18.9 Å². The molecule has 2 N–H and O–H groups in total. The van der Waals surface area contributed by atoms with E-state index in [1.54, 1.807) is 46.2 Å². The average molecular weight is 924 g/mol. The van der Waals surface area contributed by atoms with Crippen LogP contribution < -0.4 is 10.7 Å². The van der Waals surface area contributed by atoms with Gasteiger partial charge in [-0.1, -0.05) is 6.07 Å². The predicted molar refractivity (Wildman–Crippen MR) is 229 cm³/mol. The fourth-order valence-electron chi connectivity index (χ4n) is 10.7. The molecule has 3 aliphatic carbocycles. The number of benzene rings is 4.